The maximum atomic E-state index is 11.8. The van der Waals surface area contributed by atoms with Crippen LogP contribution in [0, 0.1) is 0 Å². The van der Waals surface area contributed by atoms with E-state index in [-0.39, 0.29) is 12.4 Å². The largest absolute Gasteiger partial charge is 0.522 e. The zero-order valence-electron chi connectivity index (χ0n) is 9.28. The second-order valence-corrected chi connectivity index (χ2v) is 3.90. The summed E-state index contributed by atoms with van der Waals surface area (Å²) in [5.74, 6) is 0.0763. The lowest BCUT2D eigenvalue weighted by molar-refractivity contribution is -0.325. The summed E-state index contributed by atoms with van der Waals surface area (Å²) in [6.45, 7) is 0.279. The molecular weight excluding hydrogens is 239 g/mol. The first-order valence-corrected chi connectivity index (χ1v) is 5.33. The molecule has 0 heterocycles. The molecule has 0 aromatic carbocycles. The van der Waals surface area contributed by atoms with Gasteiger partial charge in [-0.05, 0) is 12.8 Å². The number of alkyl halides is 3. The first-order valence-electron chi connectivity index (χ1n) is 5.33. The number of nitrogens with two attached hydrogens (primary N) is 1. The average Bonchev–Trinajstić information content (AvgIpc) is 3.04. The Balaban J connectivity index is 2.24. The van der Waals surface area contributed by atoms with Crippen molar-refractivity contribution in [3.8, 4) is 0 Å². The zero-order valence-corrected chi connectivity index (χ0v) is 9.28. The van der Waals surface area contributed by atoms with Gasteiger partial charge in [0.25, 0.3) is 0 Å². The molecule has 0 saturated heterocycles. The van der Waals surface area contributed by atoms with E-state index in [1.165, 1.54) is 0 Å². The highest BCUT2D eigenvalue weighted by Crippen LogP contribution is 2.27. The number of hydrogen-bond acceptors (Lipinski definition) is 4. The van der Waals surface area contributed by atoms with E-state index in [0.717, 1.165) is 12.8 Å². The van der Waals surface area contributed by atoms with Gasteiger partial charge < -0.3 is 10.9 Å². The lowest BCUT2D eigenvalue weighted by Crippen LogP contribution is -2.34. The average molecular weight is 255 g/mol. The van der Waals surface area contributed by atoms with Crippen molar-refractivity contribution in [3.05, 3.63) is 0 Å². The van der Waals surface area contributed by atoms with E-state index < -0.39 is 13.0 Å². The molecule has 3 N–H and O–H groups in total. The second-order valence-electron chi connectivity index (χ2n) is 3.90. The molecule has 0 bridgehead atoms. The van der Waals surface area contributed by atoms with Crippen molar-refractivity contribution in [3.63, 3.8) is 0 Å². The Hall–Kier alpha value is -1.02. The first-order chi connectivity index (χ1) is 7.92. The van der Waals surface area contributed by atoms with E-state index in [4.69, 9.17) is 10.9 Å². The predicted octanol–water partition coefficient (Wildman–Crippen LogP) is 1.12. The molecule has 0 atom stereocenters. The van der Waals surface area contributed by atoms with E-state index >= 15 is 0 Å². The molecular formula is C9H16F3N3O2. The minimum Gasteiger partial charge on any atom is -0.409 e. The van der Waals surface area contributed by atoms with E-state index in [9.17, 15) is 13.2 Å². The van der Waals surface area contributed by atoms with Crippen LogP contribution in [0.5, 0.6) is 0 Å². The van der Waals surface area contributed by atoms with E-state index in [2.05, 4.69) is 9.89 Å². The van der Waals surface area contributed by atoms with Crippen molar-refractivity contribution in [1.29, 1.82) is 0 Å². The van der Waals surface area contributed by atoms with Crippen molar-refractivity contribution in [1.82, 2.24) is 4.90 Å². The van der Waals surface area contributed by atoms with Crippen LogP contribution in [0.1, 0.15) is 19.3 Å². The number of ether oxygens (including phenoxy) is 1. The third-order valence-corrected chi connectivity index (χ3v) is 2.49. The fourth-order valence-electron chi connectivity index (χ4n) is 1.50. The van der Waals surface area contributed by atoms with Gasteiger partial charge in [-0.3, -0.25) is 9.64 Å². The van der Waals surface area contributed by atoms with Gasteiger partial charge in [-0.2, -0.15) is 0 Å². The summed E-state index contributed by atoms with van der Waals surface area (Å²) >= 11 is 0. The van der Waals surface area contributed by atoms with Crippen LogP contribution in [-0.4, -0.2) is 48.0 Å². The summed E-state index contributed by atoms with van der Waals surface area (Å²) < 4.78 is 39.1. The number of oxime groups is 1. The van der Waals surface area contributed by atoms with Gasteiger partial charge >= 0.3 is 6.36 Å². The van der Waals surface area contributed by atoms with Gasteiger partial charge in [0.1, 0.15) is 5.84 Å². The van der Waals surface area contributed by atoms with Gasteiger partial charge in [-0.25, -0.2) is 0 Å². The van der Waals surface area contributed by atoms with E-state index in [1.54, 1.807) is 0 Å². The standard InChI is InChI=1S/C9H16F3N3O2/c10-9(11,12)17-6-5-15(7-1-2-7)4-3-8(13)14-16/h7,16H,1-6H2,(H2,13,14). The third-order valence-electron chi connectivity index (χ3n) is 2.49. The van der Waals surface area contributed by atoms with Crippen molar-refractivity contribution in [2.45, 2.75) is 31.7 Å². The highest BCUT2D eigenvalue weighted by Gasteiger charge is 2.32. The van der Waals surface area contributed by atoms with Crippen molar-refractivity contribution >= 4 is 5.84 Å². The summed E-state index contributed by atoms with van der Waals surface area (Å²) in [6, 6.07) is 0.304. The minimum absolute atomic E-state index is 0.0763. The van der Waals surface area contributed by atoms with Crippen LogP contribution in [0.2, 0.25) is 0 Å². The monoisotopic (exact) mass is 255 g/mol. The number of hydrogen-bond donors (Lipinski definition) is 2. The Labute approximate surface area is 97.0 Å². The summed E-state index contributed by atoms with van der Waals surface area (Å²) in [7, 11) is 0. The Morgan fingerprint density at radius 3 is 2.53 bits per heavy atom. The number of amidine groups is 1. The van der Waals surface area contributed by atoms with Crippen LogP contribution in [0.3, 0.4) is 0 Å². The predicted molar refractivity (Wildman–Crippen MR) is 54.6 cm³/mol. The smallest absolute Gasteiger partial charge is 0.409 e. The Morgan fingerprint density at radius 1 is 1.41 bits per heavy atom. The van der Waals surface area contributed by atoms with Crippen LogP contribution in [0.25, 0.3) is 0 Å². The SMILES string of the molecule is NC(CCN(CCOC(F)(F)F)C1CC1)=NO. The molecule has 17 heavy (non-hydrogen) atoms. The van der Waals surface area contributed by atoms with Gasteiger partial charge in [0.05, 0.1) is 6.61 Å². The fourth-order valence-corrected chi connectivity index (χ4v) is 1.50. The first kappa shape index (κ1) is 14.0. The highest BCUT2D eigenvalue weighted by atomic mass is 19.4. The number of halogens is 3. The summed E-state index contributed by atoms with van der Waals surface area (Å²) in [6.07, 6.45) is -2.30. The summed E-state index contributed by atoms with van der Waals surface area (Å²) in [5.41, 5.74) is 5.30. The minimum atomic E-state index is -4.58. The molecule has 1 fully saturated rings. The van der Waals surface area contributed by atoms with Crippen molar-refractivity contribution in [2.24, 2.45) is 10.9 Å². The maximum absolute atomic E-state index is 11.8. The molecule has 100 valence electrons. The van der Waals surface area contributed by atoms with Crippen LogP contribution < -0.4 is 5.73 Å². The van der Waals surface area contributed by atoms with Crippen LogP contribution >= 0.6 is 0 Å². The van der Waals surface area contributed by atoms with Gasteiger partial charge in [-0.15, -0.1) is 13.2 Å². The normalized spacial score (nSPS) is 17.8. The molecule has 1 rings (SSSR count). The molecule has 0 spiro atoms. The van der Waals surface area contributed by atoms with Crippen molar-refractivity contribution < 1.29 is 23.1 Å². The number of nitrogens with zero attached hydrogens (tertiary/aromatic N) is 2. The molecule has 0 radical (unpaired) electrons. The Bertz CT molecular complexity index is 267. The van der Waals surface area contributed by atoms with Gasteiger partial charge in [0, 0.05) is 25.6 Å². The van der Waals surface area contributed by atoms with Crippen molar-refractivity contribution in [2.75, 3.05) is 19.7 Å². The molecule has 0 aromatic heterocycles. The van der Waals surface area contributed by atoms with Crippen LogP contribution in [0.4, 0.5) is 13.2 Å². The molecule has 1 aliphatic carbocycles. The molecule has 1 saturated carbocycles. The topological polar surface area (TPSA) is 71.1 Å². The number of rotatable bonds is 7. The van der Waals surface area contributed by atoms with Gasteiger partial charge in [-0.1, -0.05) is 5.16 Å². The maximum Gasteiger partial charge on any atom is 0.522 e. The van der Waals surface area contributed by atoms with E-state index in [0.29, 0.717) is 19.0 Å². The fraction of sp³-hybridized carbons (Fsp3) is 0.889. The zero-order chi connectivity index (χ0) is 12.9. The van der Waals surface area contributed by atoms with E-state index in [1.807, 2.05) is 4.90 Å². The third kappa shape index (κ3) is 6.32. The Morgan fingerprint density at radius 2 is 2.06 bits per heavy atom. The highest BCUT2D eigenvalue weighted by molar-refractivity contribution is 5.79. The lowest BCUT2D eigenvalue weighted by Gasteiger charge is -2.21. The van der Waals surface area contributed by atoms with Gasteiger partial charge in [0.15, 0.2) is 0 Å². The lowest BCUT2D eigenvalue weighted by atomic mass is 10.3. The molecule has 0 unspecified atom stereocenters. The second kappa shape index (κ2) is 6.06. The summed E-state index contributed by atoms with van der Waals surface area (Å²) in [5, 5.41) is 11.2. The molecule has 1 aliphatic rings. The van der Waals surface area contributed by atoms with Gasteiger partial charge in [0.2, 0.25) is 0 Å². The quantitative estimate of drug-likeness (QED) is 0.309. The molecule has 0 aromatic rings. The molecule has 0 amide bonds. The molecule has 8 heteroatoms. The van der Waals surface area contributed by atoms with Crippen LogP contribution in [0.15, 0.2) is 5.16 Å². The Kier molecular flexibility index (Phi) is 5.01. The summed E-state index contributed by atoms with van der Waals surface area (Å²) in [4.78, 5) is 1.86. The molecule has 5 nitrogen and oxygen atoms in total. The van der Waals surface area contributed by atoms with Crippen LogP contribution in [-0.2, 0) is 4.74 Å². The molecule has 0 aliphatic heterocycles.